The van der Waals surface area contributed by atoms with Crippen LogP contribution in [-0.2, 0) is 5.41 Å². The molecule has 1 aliphatic rings. The predicted molar refractivity (Wildman–Crippen MR) is 75.0 cm³/mol. The standard InChI is InChI=1S/C15H21N3/c1-15(2,3)11-5-6-13-14(7-11)18(10-16-13)12-8-17(4)9-12/h5-7,10,12H,8-9H2,1-4H3. The van der Waals surface area contributed by atoms with Crippen LogP contribution in [-0.4, -0.2) is 34.6 Å². The molecular formula is C15H21N3. The Kier molecular flexibility index (Phi) is 2.49. The highest BCUT2D eigenvalue weighted by Gasteiger charge is 2.26. The SMILES string of the molecule is CN1CC(n2cnc3ccc(C(C)(C)C)cc32)C1. The zero-order valence-corrected chi connectivity index (χ0v) is 11.6. The van der Waals surface area contributed by atoms with Crippen LogP contribution in [0.3, 0.4) is 0 Å². The van der Waals surface area contributed by atoms with Gasteiger partial charge in [-0.25, -0.2) is 4.98 Å². The second-order valence-electron chi connectivity index (χ2n) is 6.48. The zero-order chi connectivity index (χ0) is 12.9. The van der Waals surface area contributed by atoms with E-state index in [1.165, 1.54) is 11.1 Å². The Labute approximate surface area is 108 Å². The molecule has 0 atom stereocenters. The van der Waals surface area contributed by atoms with Gasteiger partial charge in [-0.05, 0) is 30.2 Å². The third kappa shape index (κ3) is 1.83. The molecule has 0 saturated carbocycles. The molecule has 1 fully saturated rings. The van der Waals surface area contributed by atoms with Gasteiger partial charge >= 0.3 is 0 Å². The first-order valence-corrected chi connectivity index (χ1v) is 6.61. The topological polar surface area (TPSA) is 21.1 Å². The van der Waals surface area contributed by atoms with Crippen LogP contribution in [0.4, 0.5) is 0 Å². The van der Waals surface area contributed by atoms with Crippen LogP contribution in [0.1, 0.15) is 32.4 Å². The van der Waals surface area contributed by atoms with Crippen LogP contribution >= 0.6 is 0 Å². The first-order valence-electron chi connectivity index (χ1n) is 6.61. The number of imidazole rings is 1. The van der Waals surface area contributed by atoms with E-state index in [4.69, 9.17) is 0 Å². The first-order chi connectivity index (χ1) is 8.45. The van der Waals surface area contributed by atoms with Gasteiger partial charge in [0.2, 0.25) is 0 Å². The number of nitrogens with zero attached hydrogens (tertiary/aromatic N) is 3. The zero-order valence-electron chi connectivity index (χ0n) is 11.6. The van der Waals surface area contributed by atoms with Gasteiger partial charge in [0.1, 0.15) is 0 Å². The van der Waals surface area contributed by atoms with E-state index >= 15 is 0 Å². The number of aromatic nitrogens is 2. The highest BCUT2D eigenvalue weighted by atomic mass is 15.3. The minimum Gasteiger partial charge on any atom is -0.325 e. The van der Waals surface area contributed by atoms with E-state index < -0.39 is 0 Å². The molecule has 0 bridgehead atoms. The van der Waals surface area contributed by atoms with Gasteiger partial charge in [-0.1, -0.05) is 26.8 Å². The maximum Gasteiger partial charge on any atom is 0.0961 e. The second-order valence-corrected chi connectivity index (χ2v) is 6.48. The summed E-state index contributed by atoms with van der Waals surface area (Å²) in [4.78, 5) is 6.85. The molecule has 2 aromatic rings. The predicted octanol–water partition coefficient (Wildman–Crippen LogP) is 2.82. The van der Waals surface area contributed by atoms with Gasteiger partial charge < -0.3 is 9.47 Å². The average Bonchev–Trinajstić information content (AvgIpc) is 2.66. The number of hydrogen-bond donors (Lipinski definition) is 0. The number of likely N-dealkylation sites (N-methyl/N-ethyl adjacent to an activating group) is 1. The summed E-state index contributed by atoms with van der Waals surface area (Å²) in [5.74, 6) is 0. The van der Waals surface area contributed by atoms with Gasteiger partial charge in [0.25, 0.3) is 0 Å². The summed E-state index contributed by atoms with van der Waals surface area (Å²) < 4.78 is 2.34. The summed E-state index contributed by atoms with van der Waals surface area (Å²) in [6.07, 6.45) is 1.99. The maximum atomic E-state index is 4.51. The summed E-state index contributed by atoms with van der Waals surface area (Å²) in [6, 6.07) is 7.25. The van der Waals surface area contributed by atoms with Gasteiger partial charge in [-0.15, -0.1) is 0 Å². The van der Waals surface area contributed by atoms with Crippen molar-refractivity contribution in [2.45, 2.75) is 32.2 Å². The molecule has 0 spiro atoms. The van der Waals surface area contributed by atoms with Crippen molar-refractivity contribution >= 4 is 11.0 Å². The van der Waals surface area contributed by atoms with Gasteiger partial charge in [0.15, 0.2) is 0 Å². The van der Waals surface area contributed by atoms with Crippen molar-refractivity contribution in [2.24, 2.45) is 0 Å². The van der Waals surface area contributed by atoms with Gasteiger partial charge in [0, 0.05) is 13.1 Å². The fourth-order valence-corrected chi connectivity index (χ4v) is 2.63. The minimum absolute atomic E-state index is 0.194. The van der Waals surface area contributed by atoms with Crippen molar-refractivity contribution in [2.75, 3.05) is 20.1 Å². The molecule has 0 N–H and O–H groups in total. The lowest BCUT2D eigenvalue weighted by molar-refractivity contribution is 0.143. The molecular weight excluding hydrogens is 222 g/mol. The summed E-state index contributed by atoms with van der Waals surface area (Å²) in [6.45, 7) is 9.03. The molecule has 2 heterocycles. The van der Waals surface area contributed by atoms with Crippen molar-refractivity contribution in [3.63, 3.8) is 0 Å². The fourth-order valence-electron chi connectivity index (χ4n) is 2.63. The van der Waals surface area contributed by atoms with Crippen molar-refractivity contribution in [3.05, 3.63) is 30.1 Å². The minimum atomic E-state index is 0.194. The van der Waals surface area contributed by atoms with Crippen LogP contribution in [0, 0.1) is 0 Å². The Hall–Kier alpha value is -1.35. The largest absolute Gasteiger partial charge is 0.325 e. The molecule has 0 aliphatic carbocycles. The van der Waals surface area contributed by atoms with E-state index in [-0.39, 0.29) is 5.41 Å². The van der Waals surface area contributed by atoms with E-state index in [1.54, 1.807) is 0 Å². The lowest BCUT2D eigenvalue weighted by Gasteiger charge is -2.37. The number of hydrogen-bond acceptors (Lipinski definition) is 2. The van der Waals surface area contributed by atoms with Crippen LogP contribution in [0.15, 0.2) is 24.5 Å². The van der Waals surface area contributed by atoms with E-state index in [0.29, 0.717) is 6.04 Å². The molecule has 3 heteroatoms. The molecule has 96 valence electrons. The second kappa shape index (κ2) is 3.82. The summed E-state index contributed by atoms with van der Waals surface area (Å²) in [7, 11) is 2.16. The smallest absolute Gasteiger partial charge is 0.0961 e. The Morgan fingerprint density at radius 3 is 2.56 bits per heavy atom. The van der Waals surface area contributed by atoms with Gasteiger partial charge in [0.05, 0.1) is 23.4 Å². The molecule has 1 saturated heterocycles. The molecule has 1 aromatic carbocycles. The molecule has 18 heavy (non-hydrogen) atoms. The molecule has 1 aliphatic heterocycles. The number of fused-ring (bicyclic) bond motifs is 1. The lowest BCUT2D eigenvalue weighted by atomic mass is 9.87. The average molecular weight is 243 g/mol. The van der Waals surface area contributed by atoms with Gasteiger partial charge in [-0.2, -0.15) is 0 Å². The molecule has 3 nitrogen and oxygen atoms in total. The van der Waals surface area contributed by atoms with Crippen molar-refractivity contribution < 1.29 is 0 Å². The third-order valence-electron chi connectivity index (χ3n) is 3.88. The fraction of sp³-hybridized carbons (Fsp3) is 0.533. The first kappa shape index (κ1) is 11.7. The van der Waals surface area contributed by atoms with Crippen molar-refractivity contribution in [1.29, 1.82) is 0 Å². The molecule has 0 unspecified atom stereocenters. The van der Waals surface area contributed by atoms with Crippen LogP contribution in [0.25, 0.3) is 11.0 Å². The summed E-state index contributed by atoms with van der Waals surface area (Å²) in [5.41, 5.74) is 3.96. The van der Waals surface area contributed by atoms with Crippen LogP contribution < -0.4 is 0 Å². The monoisotopic (exact) mass is 243 g/mol. The number of rotatable bonds is 1. The van der Waals surface area contributed by atoms with E-state index in [2.05, 4.69) is 60.5 Å². The van der Waals surface area contributed by atoms with Crippen molar-refractivity contribution in [1.82, 2.24) is 14.5 Å². The molecule has 0 radical (unpaired) electrons. The Bertz CT molecular complexity index is 571. The van der Waals surface area contributed by atoms with E-state index in [9.17, 15) is 0 Å². The molecule has 3 rings (SSSR count). The van der Waals surface area contributed by atoms with Crippen LogP contribution in [0.2, 0.25) is 0 Å². The Morgan fingerprint density at radius 2 is 1.94 bits per heavy atom. The molecule has 0 amide bonds. The number of likely N-dealkylation sites (tertiary alicyclic amines) is 1. The normalized spacial score (nSPS) is 18.2. The van der Waals surface area contributed by atoms with Crippen LogP contribution in [0.5, 0.6) is 0 Å². The highest BCUT2D eigenvalue weighted by molar-refractivity contribution is 5.76. The summed E-state index contributed by atoms with van der Waals surface area (Å²) >= 11 is 0. The maximum absolute atomic E-state index is 4.51. The third-order valence-corrected chi connectivity index (χ3v) is 3.88. The number of benzene rings is 1. The van der Waals surface area contributed by atoms with Crippen molar-refractivity contribution in [3.8, 4) is 0 Å². The highest BCUT2D eigenvalue weighted by Crippen LogP contribution is 2.29. The summed E-state index contributed by atoms with van der Waals surface area (Å²) in [5, 5.41) is 0. The molecule has 1 aromatic heterocycles. The Balaban J connectivity index is 2.05. The lowest BCUT2D eigenvalue weighted by Crippen LogP contribution is -2.44. The van der Waals surface area contributed by atoms with E-state index in [0.717, 1.165) is 18.6 Å². The Morgan fingerprint density at radius 1 is 1.22 bits per heavy atom. The quantitative estimate of drug-likeness (QED) is 0.768. The van der Waals surface area contributed by atoms with E-state index in [1.807, 2.05) is 6.33 Å². The van der Waals surface area contributed by atoms with Gasteiger partial charge in [-0.3, -0.25) is 0 Å².